The molecule has 1 heterocycles. The van der Waals surface area contributed by atoms with E-state index in [2.05, 4.69) is 50.4 Å². The maximum atomic E-state index is 3.83. The fourth-order valence-corrected chi connectivity index (χ4v) is 4.30. The predicted molar refractivity (Wildman–Crippen MR) is 92.4 cm³/mol. The second-order valence-corrected chi connectivity index (χ2v) is 7.49. The number of benzene rings is 1. The van der Waals surface area contributed by atoms with Crippen LogP contribution in [-0.2, 0) is 6.54 Å². The normalized spacial score (nSPS) is 25.7. The highest BCUT2D eigenvalue weighted by atomic mass is 79.9. The highest BCUT2D eigenvalue weighted by molar-refractivity contribution is 9.10. The molecule has 2 fully saturated rings. The molecule has 0 aromatic heterocycles. The minimum Gasteiger partial charge on any atom is -0.312 e. The Morgan fingerprint density at radius 2 is 1.90 bits per heavy atom. The summed E-state index contributed by atoms with van der Waals surface area (Å²) in [5.41, 5.74) is 1.42. The molecule has 2 aliphatic rings. The van der Waals surface area contributed by atoms with Crippen LogP contribution < -0.4 is 5.32 Å². The molecule has 1 N–H and O–H groups in total. The summed E-state index contributed by atoms with van der Waals surface area (Å²) in [6.07, 6.45) is 8.46. The van der Waals surface area contributed by atoms with E-state index in [1.165, 1.54) is 68.2 Å². The molecule has 1 aliphatic heterocycles. The molecule has 1 saturated heterocycles. The zero-order valence-corrected chi connectivity index (χ0v) is 14.4. The van der Waals surface area contributed by atoms with Gasteiger partial charge in [-0.1, -0.05) is 53.4 Å². The zero-order chi connectivity index (χ0) is 14.5. The Hall–Kier alpha value is -0.380. The molecule has 1 atom stereocenters. The van der Waals surface area contributed by atoms with E-state index >= 15 is 0 Å². The number of halogens is 1. The van der Waals surface area contributed by atoms with Gasteiger partial charge in [0.15, 0.2) is 0 Å². The summed E-state index contributed by atoms with van der Waals surface area (Å²) < 4.78 is 1.25. The first-order chi connectivity index (χ1) is 10.3. The molecule has 1 aliphatic carbocycles. The molecule has 3 heteroatoms. The van der Waals surface area contributed by atoms with Crippen molar-refractivity contribution in [1.29, 1.82) is 0 Å². The number of hydrogen-bond donors (Lipinski definition) is 1. The highest BCUT2D eigenvalue weighted by Gasteiger charge is 2.26. The van der Waals surface area contributed by atoms with E-state index in [9.17, 15) is 0 Å². The Balaban J connectivity index is 1.63. The number of nitrogens with one attached hydrogen (secondary N) is 1. The third-order valence-corrected chi connectivity index (χ3v) is 5.86. The highest BCUT2D eigenvalue weighted by Crippen LogP contribution is 2.28. The van der Waals surface area contributed by atoms with E-state index in [0.717, 1.165) is 12.5 Å². The van der Waals surface area contributed by atoms with Gasteiger partial charge in [0.2, 0.25) is 0 Å². The smallest absolute Gasteiger partial charge is 0.0245 e. The summed E-state index contributed by atoms with van der Waals surface area (Å²) in [6.45, 7) is 4.70. The van der Waals surface area contributed by atoms with Crippen molar-refractivity contribution >= 4 is 15.9 Å². The summed E-state index contributed by atoms with van der Waals surface area (Å²) in [4.78, 5) is 2.65. The van der Waals surface area contributed by atoms with Crippen molar-refractivity contribution in [1.82, 2.24) is 10.2 Å². The summed E-state index contributed by atoms with van der Waals surface area (Å²) in [7, 11) is 0. The first-order valence-electron chi connectivity index (χ1n) is 8.52. The minimum atomic E-state index is 0.704. The quantitative estimate of drug-likeness (QED) is 0.878. The molecule has 1 unspecified atom stereocenters. The van der Waals surface area contributed by atoms with Crippen LogP contribution in [0.5, 0.6) is 0 Å². The van der Waals surface area contributed by atoms with Gasteiger partial charge in [-0.3, -0.25) is 4.90 Å². The van der Waals surface area contributed by atoms with Crippen molar-refractivity contribution in [2.24, 2.45) is 5.92 Å². The van der Waals surface area contributed by atoms with Crippen LogP contribution in [0, 0.1) is 5.92 Å². The van der Waals surface area contributed by atoms with Gasteiger partial charge in [0, 0.05) is 23.6 Å². The van der Waals surface area contributed by atoms with Crippen LogP contribution >= 0.6 is 15.9 Å². The molecule has 3 rings (SSSR count). The lowest BCUT2D eigenvalue weighted by molar-refractivity contribution is 0.201. The molecule has 0 amide bonds. The van der Waals surface area contributed by atoms with Crippen LogP contribution in [0.15, 0.2) is 28.7 Å². The number of nitrogens with zero attached hydrogens (tertiary/aromatic N) is 1. The predicted octanol–water partition coefficient (Wildman–Crippen LogP) is 4.19. The van der Waals surface area contributed by atoms with Crippen LogP contribution in [-0.4, -0.2) is 30.6 Å². The zero-order valence-electron chi connectivity index (χ0n) is 12.9. The third kappa shape index (κ3) is 4.30. The Labute approximate surface area is 137 Å². The molecule has 0 radical (unpaired) electrons. The van der Waals surface area contributed by atoms with Crippen molar-refractivity contribution in [3.05, 3.63) is 34.3 Å². The van der Waals surface area contributed by atoms with E-state index in [-0.39, 0.29) is 0 Å². The van der Waals surface area contributed by atoms with Crippen LogP contribution in [0.2, 0.25) is 0 Å². The van der Waals surface area contributed by atoms with E-state index in [1.54, 1.807) is 0 Å². The second-order valence-electron chi connectivity index (χ2n) is 6.64. The van der Waals surface area contributed by atoms with E-state index in [0.29, 0.717) is 6.04 Å². The molecule has 116 valence electrons. The largest absolute Gasteiger partial charge is 0.312 e. The molecule has 1 aromatic carbocycles. The average molecular weight is 351 g/mol. The summed E-state index contributed by atoms with van der Waals surface area (Å²) in [6, 6.07) is 9.36. The van der Waals surface area contributed by atoms with Gasteiger partial charge >= 0.3 is 0 Å². The summed E-state index contributed by atoms with van der Waals surface area (Å²) in [5.74, 6) is 0.901. The number of rotatable bonds is 3. The average Bonchev–Trinajstić information content (AvgIpc) is 2.76. The molecule has 0 bridgehead atoms. The summed E-state index contributed by atoms with van der Waals surface area (Å²) >= 11 is 3.69. The van der Waals surface area contributed by atoms with Gasteiger partial charge in [-0.15, -0.1) is 0 Å². The lowest BCUT2D eigenvalue weighted by Crippen LogP contribution is -2.43. The van der Waals surface area contributed by atoms with Crippen LogP contribution in [0.4, 0.5) is 0 Å². The first kappa shape index (κ1) is 15.5. The lowest BCUT2D eigenvalue weighted by Gasteiger charge is -2.33. The van der Waals surface area contributed by atoms with Gasteiger partial charge in [0.1, 0.15) is 0 Å². The standard InChI is InChI=1S/C18H27BrN2/c19-17-10-5-4-9-16(17)13-21-12-6-11-20-18(14-21)15-7-2-1-3-8-15/h4-5,9-10,15,18,20H,1-3,6-8,11-14H2. The maximum absolute atomic E-state index is 3.83. The lowest BCUT2D eigenvalue weighted by atomic mass is 9.83. The molecule has 0 spiro atoms. The van der Waals surface area contributed by atoms with E-state index in [1.807, 2.05) is 0 Å². The van der Waals surface area contributed by atoms with Crippen molar-refractivity contribution in [2.45, 2.75) is 51.1 Å². The van der Waals surface area contributed by atoms with Crippen LogP contribution in [0.3, 0.4) is 0 Å². The molecule has 2 nitrogen and oxygen atoms in total. The maximum Gasteiger partial charge on any atom is 0.0245 e. The molecule has 1 saturated carbocycles. The van der Waals surface area contributed by atoms with Crippen LogP contribution in [0.1, 0.15) is 44.1 Å². The number of hydrogen-bond acceptors (Lipinski definition) is 2. The van der Waals surface area contributed by atoms with E-state index in [4.69, 9.17) is 0 Å². The Bertz CT molecular complexity index is 443. The Kier molecular flexibility index (Phi) is 5.73. The Morgan fingerprint density at radius 1 is 1.10 bits per heavy atom. The minimum absolute atomic E-state index is 0.704. The molecule has 21 heavy (non-hydrogen) atoms. The summed E-state index contributed by atoms with van der Waals surface area (Å²) in [5, 5.41) is 3.83. The van der Waals surface area contributed by atoms with Crippen molar-refractivity contribution < 1.29 is 0 Å². The fourth-order valence-electron chi connectivity index (χ4n) is 3.89. The molecule has 1 aromatic rings. The van der Waals surface area contributed by atoms with Crippen molar-refractivity contribution in [3.63, 3.8) is 0 Å². The van der Waals surface area contributed by atoms with Gasteiger partial charge in [-0.2, -0.15) is 0 Å². The van der Waals surface area contributed by atoms with Crippen LogP contribution in [0.25, 0.3) is 0 Å². The monoisotopic (exact) mass is 350 g/mol. The first-order valence-corrected chi connectivity index (χ1v) is 9.31. The third-order valence-electron chi connectivity index (χ3n) is 5.08. The van der Waals surface area contributed by atoms with Crippen molar-refractivity contribution in [3.8, 4) is 0 Å². The van der Waals surface area contributed by atoms with Gasteiger partial charge < -0.3 is 5.32 Å². The SMILES string of the molecule is Brc1ccccc1CN1CCCNC(C2CCCCC2)C1. The topological polar surface area (TPSA) is 15.3 Å². The van der Waals surface area contributed by atoms with E-state index < -0.39 is 0 Å². The molecular weight excluding hydrogens is 324 g/mol. The fraction of sp³-hybridized carbons (Fsp3) is 0.667. The Morgan fingerprint density at radius 3 is 2.71 bits per heavy atom. The molecular formula is C18H27BrN2. The van der Waals surface area contributed by atoms with Gasteiger partial charge in [-0.05, 0) is 49.9 Å². The van der Waals surface area contributed by atoms with Crippen molar-refractivity contribution in [2.75, 3.05) is 19.6 Å². The van der Waals surface area contributed by atoms with Gasteiger partial charge in [0.25, 0.3) is 0 Å². The van der Waals surface area contributed by atoms with Gasteiger partial charge in [-0.25, -0.2) is 0 Å². The van der Waals surface area contributed by atoms with Gasteiger partial charge in [0.05, 0.1) is 0 Å². The second kappa shape index (κ2) is 7.75.